The summed E-state index contributed by atoms with van der Waals surface area (Å²) in [6, 6.07) is 1.89. The molecule has 3 unspecified atom stereocenters. The number of nitrogens with zero attached hydrogens (tertiary/aromatic N) is 2. The lowest BCUT2D eigenvalue weighted by Gasteiger charge is -2.35. The number of nitrogens with one attached hydrogen (secondary N) is 1. The second-order valence-corrected chi connectivity index (χ2v) is 7.19. The number of amides is 1. The Hall–Kier alpha value is -0.650. The van der Waals surface area contributed by atoms with Gasteiger partial charge in [0.25, 0.3) is 0 Å². The third-order valence-electron chi connectivity index (χ3n) is 5.42. The van der Waals surface area contributed by atoms with Crippen LogP contribution in [0.4, 0.5) is 0 Å². The standard InChI is InChI=1S/C15H28N4O/c1-15(14(16)20,17-11-3-4-11)10-19-8-7-12-5-6-13(9-19)18(12)2/h11-13,17H,3-10H2,1-2H3,(H2,16,20). The van der Waals surface area contributed by atoms with Crippen molar-refractivity contribution in [3.8, 4) is 0 Å². The number of hydrogen-bond acceptors (Lipinski definition) is 4. The Kier molecular flexibility index (Phi) is 3.77. The number of carbonyl (C=O) groups excluding carboxylic acids is 1. The normalized spacial score (nSPS) is 34.7. The minimum atomic E-state index is -0.580. The van der Waals surface area contributed by atoms with E-state index >= 15 is 0 Å². The van der Waals surface area contributed by atoms with E-state index in [-0.39, 0.29) is 5.91 Å². The van der Waals surface area contributed by atoms with Gasteiger partial charge < -0.3 is 5.73 Å². The van der Waals surface area contributed by atoms with E-state index in [1.165, 1.54) is 32.1 Å². The minimum absolute atomic E-state index is 0.216. The fourth-order valence-corrected chi connectivity index (χ4v) is 3.84. The van der Waals surface area contributed by atoms with Crippen LogP contribution in [0.15, 0.2) is 0 Å². The van der Waals surface area contributed by atoms with Crippen LogP contribution in [0.25, 0.3) is 0 Å². The maximum absolute atomic E-state index is 11.9. The molecule has 3 atom stereocenters. The lowest BCUT2D eigenvalue weighted by atomic mass is 9.99. The third-order valence-corrected chi connectivity index (χ3v) is 5.42. The summed E-state index contributed by atoms with van der Waals surface area (Å²) in [5.74, 6) is -0.216. The first kappa shape index (κ1) is 14.3. The van der Waals surface area contributed by atoms with Crippen LogP contribution < -0.4 is 11.1 Å². The number of likely N-dealkylation sites (N-methyl/N-ethyl adjacent to an activating group) is 1. The van der Waals surface area contributed by atoms with Gasteiger partial charge in [0, 0.05) is 31.2 Å². The van der Waals surface area contributed by atoms with Crippen molar-refractivity contribution in [1.82, 2.24) is 15.1 Å². The zero-order valence-electron chi connectivity index (χ0n) is 12.8. The van der Waals surface area contributed by atoms with Gasteiger partial charge in [0.05, 0.1) is 0 Å². The first-order valence-electron chi connectivity index (χ1n) is 8.00. The number of likely N-dealkylation sites (tertiary alicyclic amines) is 1. The van der Waals surface area contributed by atoms with Gasteiger partial charge in [-0.2, -0.15) is 0 Å². The predicted molar refractivity (Wildman–Crippen MR) is 79.4 cm³/mol. The fraction of sp³-hybridized carbons (Fsp3) is 0.933. The topological polar surface area (TPSA) is 61.6 Å². The molecule has 5 nitrogen and oxygen atoms in total. The summed E-state index contributed by atoms with van der Waals surface area (Å²) in [5.41, 5.74) is 5.09. The van der Waals surface area contributed by atoms with E-state index in [0.717, 1.165) is 25.7 Å². The third kappa shape index (κ3) is 2.85. The number of fused-ring (bicyclic) bond motifs is 2. The molecule has 0 aromatic rings. The smallest absolute Gasteiger partial charge is 0.238 e. The second kappa shape index (κ2) is 5.28. The molecule has 1 saturated carbocycles. The van der Waals surface area contributed by atoms with E-state index in [0.29, 0.717) is 12.1 Å². The molecule has 1 aliphatic carbocycles. The van der Waals surface area contributed by atoms with Gasteiger partial charge in [0.15, 0.2) is 0 Å². The first-order valence-corrected chi connectivity index (χ1v) is 8.00. The van der Waals surface area contributed by atoms with Crippen molar-refractivity contribution >= 4 is 5.91 Å². The molecule has 3 N–H and O–H groups in total. The Morgan fingerprint density at radius 1 is 1.25 bits per heavy atom. The lowest BCUT2D eigenvalue weighted by molar-refractivity contribution is -0.124. The quantitative estimate of drug-likeness (QED) is 0.753. The molecule has 0 aromatic carbocycles. The molecule has 3 fully saturated rings. The van der Waals surface area contributed by atoms with Gasteiger partial charge in [-0.1, -0.05) is 0 Å². The van der Waals surface area contributed by atoms with Crippen molar-refractivity contribution in [3.05, 3.63) is 0 Å². The summed E-state index contributed by atoms with van der Waals surface area (Å²) in [6.07, 6.45) is 6.20. The first-order chi connectivity index (χ1) is 9.48. The molecule has 0 spiro atoms. The summed E-state index contributed by atoms with van der Waals surface area (Å²) in [4.78, 5) is 16.9. The van der Waals surface area contributed by atoms with Gasteiger partial charge in [0.2, 0.25) is 5.91 Å². The Bertz CT molecular complexity index is 384. The molecular weight excluding hydrogens is 252 g/mol. The molecule has 2 aliphatic heterocycles. The highest BCUT2D eigenvalue weighted by Crippen LogP contribution is 2.29. The molecule has 0 aromatic heterocycles. The van der Waals surface area contributed by atoms with Crippen LogP contribution in [0.5, 0.6) is 0 Å². The molecular formula is C15H28N4O. The van der Waals surface area contributed by atoms with Crippen LogP contribution in [0.1, 0.15) is 39.0 Å². The fourth-order valence-electron chi connectivity index (χ4n) is 3.84. The lowest BCUT2D eigenvalue weighted by Crippen LogP contribution is -2.60. The summed E-state index contributed by atoms with van der Waals surface area (Å²) in [7, 11) is 2.25. The van der Waals surface area contributed by atoms with Crippen LogP contribution in [0, 0.1) is 0 Å². The van der Waals surface area contributed by atoms with Gasteiger partial charge in [-0.05, 0) is 52.6 Å². The number of nitrogens with two attached hydrogens (primary N) is 1. The summed E-state index contributed by atoms with van der Waals surface area (Å²) in [6.45, 7) is 4.87. The monoisotopic (exact) mass is 280 g/mol. The van der Waals surface area contributed by atoms with Crippen molar-refractivity contribution in [2.24, 2.45) is 5.73 Å². The summed E-state index contributed by atoms with van der Waals surface area (Å²) < 4.78 is 0. The van der Waals surface area contributed by atoms with Gasteiger partial charge >= 0.3 is 0 Å². The number of rotatable bonds is 5. The Morgan fingerprint density at radius 3 is 2.60 bits per heavy atom. The zero-order chi connectivity index (χ0) is 14.3. The molecule has 114 valence electrons. The van der Waals surface area contributed by atoms with E-state index in [1.807, 2.05) is 6.92 Å². The van der Waals surface area contributed by atoms with Crippen LogP contribution in [-0.2, 0) is 4.79 Å². The molecule has 3 aliphatic rings. The maximum Gasteiger partial charge on any atom is 0.238 e. The van der Waals surface area contributed by atoms with E-state index in [4.69, 9.17) is 5.73 Å². The van der Waals surface area contributed by atoms with Crippen molar-refractivity contribution < 1.29 is 4.79 Å². The molecule has 2 heterocycles. The van der Waals surface area contributed by atoms with Gasteiger partial charge in [-0.3, -0.25) is 19.9 Å². The van der Waals surface area contributed by atoms with E-state index in [9.17, 15) is 4.79 Å². The Balaban J connectivity index is 1.64. The van der Waals surface area contributed by atoms with Crippen LogP contribution in [0.3, 0.4) is 0 Å². The largest absolute Gasteiger partial charge is 0.368 e. The Labute approximate surface area is 121 Å². The highest BCUT2D eigenvalue weighted by molar-refractivity contribution is 5.84. The summed E-state index contributed by atoms with van der Waals surface area (Å²) >= 11 is 0. The average molecular weight is 280 g/mol. The number of primary amides is 1. The van der Waals surface area contributed by atoms with E-state index in [2.05, 4.69) is 22.2 Å². The molecule has 1 amide bonds. The zero-order valence-corrected chi connectivity index (χ0v) is 12.8. The SMILES string of the molecule is CN1C2CCC1CN(CC(C)(NC1CC1)C(N)=O)CC2. The van der Waals surface area contributed by atoms with Crippen molar-refractivity contribution in [2.45, 2.75) is 62.7 Å². The minimum Gasteiger partial charge on any atom is -0.368 e. The summed E-state index contributed by atoms with van der Waals surface area (Å²) in [5, 5.41) is 3.46. The highest BCUT2D eigenvalue weighted by Gasteiger charge is 2.41. The predicted octanol–water partition coefficient (Wildman–Crippen LogP) is 0.151. The van der Waals surface area contributed by atoms with Gasteiger partial charge in [-0.25, -0.2) is 0 Å². The second-order valence-electron chi connectivity index (χ2n) is 7.19. The van der Waals surface area contributed by atoms with E-state index in [1.54, 1.807) is 0 Å². The van der Waals surface area contributed by atoms with Crippen LogP contribution >= 0.6 is 0 Å². The van der Waals surface area contributed by atoms with Crippen molar-refractivity contribution in [3.63, 3.8) is 0 Å². The van der Waals surface area contributed by atoms with Gasteiger partial charge in [0.1, 0.15) is 5.54 Å². The van der Waals surface area contributed by atoms with Crippen molar-refractivity contribution in [1.29, 1.82) is 0 Å². The van der Waals surface area contributed by atoms with E-state index < -0.39 is 5.54 Å². The molecule has 5 heteroatoms. The molecule has 0 radical (unpaired) electrons. The highest BCUT2D eigenvalue weighted by atomic mass is 16.1. The number of carbonyl (C=O) groups is 1. The maximum atomic E-state index is 11.9. The molecule has 3 rings (SSSR count). The average Bonchev–Trinajstić information content (AvgIpc) is 3.11. The van der Waals surface area contributed by atoms with Crippen LogP contribution in [0.2, 0.25) is 0 Å². The number of hydrogen-bond donors (Lipinski definition) is 2. The Morgan fingerprint density at radius 2 is 1.95 bits per heavy atom. The molecule has 2 bridgehead atoms. The van der Waals surface area contributed by atoms with Gasteiger partial charge in [-0.15, -0.1) is 0 Å². The van der Waals surface area contributed by atoms with Crippen molar-refractivity contribution in [2.75, 3.05) is 26.7 Å². The van der Waals surface area contributed by atoms with Crippen LogP contribution in [-0.4, -0.2) is 66.1 Å². The molecule has 2 saturated heterocycles. The molecule has 20 heavy (non-hydrogen) atoms.